The molecule has 1 aromatic heterocycles. The van der Waals surface area contributed by atoms with Gasteiger partial charge in [-0.15, -0.1) is 0 Å². The summed E-state index contributed by atoms with van der Waals surface area (Å²) in [4.78, 5) is 15.9. The maximum Gasteiger partial charge on any atom is 0.254 e. The number of nitrogens with zero attached hydrogens (tertiary/aromatic N) is 1. The molecule has 0 bridgehead atoms. The van der Waals surface area contributed by atoms with Crippen LogP contribution < -0.4 is 14.8 Å². The molecule has 1 aromatic carbocycles. The van der Waals surface area contributed by atoms with Crippen molar-refractivity contribution in [3.05, 3.63) is 52.8 Å². The number of halogens is 1. The van der Waals surface area contributed by atoms with Gasteiger partial charge in [0.05, 0.1) is 5.56 Å². The third kappa shape index (κ3) is 2.53. The van der Waals surface area contributed by atoms with Crippen molar-refractivity contribution in [2.45, 2.75) is 6.54 Å². The van der Waals surface area contributed by atoms with Gasteiger partial charge < -0.3 is 14.8 Å². The van der Waals surface area contributed by atoms with E-state index in [-0.39, 0.29) is 17.9 Å². The molecule has 1 amide bonds. The Morgan fingerprint density at radius 2 is 2.15 bits per heavy atom. The predicted molar refractivity (Wildman–Crippen MR) is 73.0 cm³/mol. The molecule has 2 heterocycles. The summed E-state index contributed by atoms with van der Waals surface area (Å²) in [5, 5.41) is 2.98. The Kier molecular flexibility index (Phi) is 3.43. The van der Waals surface area contributed by atoms with Gasteiger partial charge in [-0.2, -0.15) is 0 Å². The quantitative estimate of drug-likeness (QED) is 0.882. The first-order valence-corrected chi connectivity index (χ1v) is 6.39. The van der Waals surface area contributed by atoms with Crippen molar-refractivity contribution in [2.75, 3.05) is 6.79 Å². The summed E-state index contributed by atoms with van der Waals surface area (Å²) in [7, 11) is 0. The van der Waals surface area contributed by atoms with Crippen LogP contribution in [0.5, 0.6) is 11.5 Å². The van der Waals surface area contributed by atoms with Gasteiger partial charge in [0.25, 0.3) is 5.91 Å². The monoisotopic (exact) mass is 290 g/mol. The lowest BCUT2D eigenvalue weighted by atomic mass is 10.2. The van der Waals surface area contributed by atoms with Gasteiger partial charge in [0.15, 0.2) is 11.5 Å². The number of carbonyl (C=O) groups is 1. The first-order valence-electron chi connectivity index (χ1n) is 6.01. The molecule has 5 nitrogen and oxygen atoms in total. The summed E-state index contributed by atoms with van der Waals surface area (Å²) < 4.78 is 10.5. The number of carbonyl (C=O) groups excluding carboxylic acids is 1. The average Bonchev–Trinajstić information content (AvgIpc) is 2.92. The van der Waals surface area contributed by atoms with Crippen molar-refractivity contribution in [3.63, 3.8) is 0 Å². The van der Waals surface area contributed by atoms with E-state index < -0.39 is 0 Å². The number of fused-ring (bicyclic) bond motifs is 1. The van der Waals surface area contributed by atoms with E-state index in [2.05, 4.69) is 10.3 Å². The lowest BCUT2D eigenvalue weighted by Gasteiger charge is -2.07. The second-order valence-electron chi connectivity index (χ2n) is 4.21. The largest absolute Gasteiger partial charge is 0.454 e. The van der Waals surface area contributed by atoms with Crippen LogP contribution in [0.2, 0.25) is 5.15 Å². The second kappa shape index (κ2) is 5.38. The van der Waals surface area contributed by atoms with Crippen LogP contribution in [-0.2, 0) is 6.54 Å². The van der Waals surface area contributed by atoms with Crippen molar-refractivity contribution in [1.82, 2.24) is 10.3 Å². The van der Waals surface area contributed by atoms with Crippen LogP contribution in [0.1, 0.15) is 15.9 Å². The second-order valence-corrected chi connectivity index (χ2v) is 4.57. The van der Waals surface area contributed by atoms with Crippen LogP contribution in [0.15, 0.2) is 36.5 Å². The van der Waals surface area contributed by atoms with Gasteiger partial charge in [0.1, 0.15) is 5.15 Å². The highest BCUT2D eigenvalue weighted by atomic mass is 35.5. The zero-order valence-corrected chi connectivity index (χ0v) is 11.2. The molecule has 2 aromatic rings. The number of hydrogen-bond acceptors (Lipinski definition) is 4. The summed E-state index contributed by atoms with van der Waals surface area (Å²) in [5.74, 6) is 1.15. The lowest BCUT2D eigenvalue weighted by molar-refractivity contribution is 0.0950. The normalized spacial score (nSPS) is 12.2. The molecule has 3 rings (SSSR count). The van der Waals surface area contributed by atoms with E-state index >= 15 is 0 Å². The van der Waals surface area contributed by atoms with Crippen LogP contribution in [0.4, 0.5) is 0 Å². The minimum absolute atomic E-state index is 0.190. The SMILES string of the molecule is O=C(NCc1ccc2c(c1)OCO2)c1cccnc1Cl. The Labute approximate surface area is 120 Å². The van der Waals surface area contributed by atoms with Crippen LogP contribution in [0.25, 0.3) is 0 Å². The third-order valence-corrected chi connectivity index (χ3v) is 3.19. The molecule has 0 saturated carbocycles. The Morgan fingerprint density at radius 1 is 1.30 bits per heavy atom. The number of nitrogens with one attached hydrogen (secondary N) is 1. The lowest BCUT2D eigenvalue weighted by Crippen LogP contribution is -2.23. The van der Waals surface area contributed by atoms with E-state index in [0.29, 0.717) is 17.9 Å². The Hall–Kier alpha value is -2.27. The number of amides is 1. The van der Waals surface area contributed by atoms with Crippen LogP contribution in [-0.4, -0.2) is 17.7 Å². The number of hydrogen-bond donors (Lipinski definition) is 1. The average molecular weight is 291 g/mol. The summed E-state index contributed by atoms with van der Waals surface area (Å²) in [6, 6.07) is 8.83. The number of ether oxygens (including phenoxy) is 2. The Morgan fingerprint density at radius 3 is 3.00 bits per heavy atom. The summed E-state index contributed by atoms with van der Waals surface area (Å²) >= 11 is 5.87. The molecule has 0 fully saturated rings. The van der Waals surface area contributed by atoms with E-state index in [1.54, 1.807) is 12.1 Å². The fraction of sp³-hybridized carbons (Fsp3) is 0.143. The molecule has 1 aliphatic rings. The first kappa shape index (κ1) is 12.7. The minimum Gasteiger partial charge on any atom is -0.454 e. The standard InChI is InChI=1S/C14H11ClN2O3/c15-13-10(2-1-5-16-13)14(18)17-7-9-3-4-11-12(6-9)20-8-19-11/h1-6H,7-8H2,(H,17,18). The molecule has 0 saturated heterocycles. The molecular weight excluding hydrogens is 280 g/mol. The van der Waals surface area contributed by atoms with Gasteiger partial charge in [-0.1, -0.05) is 17.7 Å². The molecule has 6 heteroatoms. The fourth-order valence-corrected chi connectivity index (χ4v) is 2.09. The van der Waals surface area contributed by atoms with Crippen molar-refractivity contribution >= 4 is 17.5 Å². The van der Waals surface area contributed by atoms with Crippen molar-refractivity contribution in [3.8, 4) is 11.5 Å². The molecule has 0 radical (unpaired) electrons. The van der Waals surface area contributed by atoms with Gasteiger partial charge in [0.2, 0.25) is 6.79 Å². The van der Waals surface area contributed by atoms with E-state index in [4.69, 9.17) is 21.1 Å². The highest BCUT2D eigenvalue weighted by Gasteiger charge is 2.14. The highest BCUT2D eigenvalue weighted by molar-refractivity contribution is 6.32. The third-order valence-electron chi connectivity index (χ3n) is 2.89. The molecule has 0 aliphatic carbocycles. The maximum absolute atomic E-state index is 12.0. The molecule has 1 N–H and O–H groups in total. The van der Waals surface area contributed by atoms with E-state index in [1.807, 2.05) is 18.2 Å². The molecule has 102 valence electrons. The van der Waals surface area contributed by atoms with Crippen LogP contribution >= 0.6 is 11.6 Å². The summed E-state index contributed by atoms with van der Waals surface area (Å²) in [5.41, 5.74) is 1.28. The van der Waals surface area contributed by atoms with Crippen molar-refractivity contribution < 1.29 is 14.3 Å². The van der Waals surface area contributed by atoms with Crippen LogP contribution in [0, 0.1) is 0 Å². The molecule has 0 spiro atoms. The number of benzene rings is 1. The van der Waals surface area contributed by atoms with E-state index in [9.17, 15) is 4.79 Å². The van der Waals surface area contributed by atoms with E-state index in [1.165, 1.54) is 6.20 Å². The van der Waals surface area contributed by atoms with Gasteiger partial charge in [-0.3, -0.25) is 4.79 Å². The van der Waals surface area contributed by atoms with Crippen LogP contribution in [0.3, 0.4) is 0 Å². The summed E-state index contributed by atoms with van der Waals surface area (Å²) in [6.07, 6.45) is 1.54. The Bertz CT molecular complexity index is 661. The zero-order chi connectivity index (χ0) is 13.9. The molecule has 1 aliphatic heterocycles. The van der Waals surface area contributed by atoms with Crippen molar-refractivity contribution in [1.29, 1.82) is 0 Å². The predicted octanol–water partition coefficient (Wildman–Crippen LogP) is 2.39. The van der Waals surface area contributed by atoms with E-state index in [0.717, 1.165) is 11.3 Å². The fourth-order valence-electron chi connectivity index (χ4n) is 1.88. The minimum atomic E-state index is -0.263. The highest BCUT2D eigenvalue weighted by Crippen LogP contribution is 2.32. The zero-order valence-electron chi connectivity index (χ0n) is 10.4. The molecule has 20 heavy (non-hydrogen) atoms. The molecule has 0 atom stereocenters. The molecule has 0 unspecified atom stereocenters. The first-order chi connectivity index (χ1) is 9.74. The van der Waals surface area contributed by atoms with Gasteiger partial charge in [0, 0.05) is 12.7 Å². The topological polar surface area (TPSA) is 60.5 Å². The summed E-state index contributed by atoms with van der Waals surface area (Å²) in [6.45, 7) is 0.608. The Balaban J connectivity index is 1.68. The van der Waals surface area contributed by atoms with Gasteiger partial charge in [-0.25, -0.2) is 4.98 Å². The van der Waals surface area contributed by atoms with Gasteiger partial charge in [-0.05, 0) is 29.8 Å². The number of pyridine rings is 1. The van der Waals surface area contributed by atoms with Crippen molar-refractivity contribution in [2.24, 2.45) is 0 Å². The van der Waals surface area contributed by atoms with Gasteiger partial charge >= 0.3 is 0 Å². The smallest absolute Gasteiger partial charge is 0.254 e. The maximum atomic E-state index is 12.0. The number of rotatable bonds is 3. The molecular formula is C14H11ClN2O3. The number of aromatic nitrogens is 1.